The van der Waals surface area contributed by atoms with Gasteiger partial charge in [-0.25, -0.2) is 0 Å². The van der Waals surface area contributed by atoms with E-state index in [1.807, 2.05) is 0 Å². The monoisotopic (exact) mass is 144 g/mol. The predicted molar refractivity (Wildman–Crippen MR) is 41.3 cm³/mol. The number of hydrogen-bond acceptors (Lipinski definition) is 2. The molecule has 1 aromatic rings. The van der Waals surface area contributed by atoms with Crippen molar-refractivity contribution >= 4 is 0 Å². The number of fused-ring (bicyclic) bond motifs is 5. The van der Waals surface area contributed by atoms with E-state index in [9.17, 15) is 0 Å². The number of allylic oxidation sites excluding steroid dienone is 2. The Hall–Kier alpha value is -1.18. The first-order valence-corrected chi connectivity index (χ1v) is 3.94. The molecule has 0 N–H and O–H groups in total. The highest BCUT2D eigenvalue weighted by Crippen LogP contribution is 2.45. The van der Waals surface area contributed by atoms with Gasteiger partial charge in [-0.3, -0.25) is 9.97 Å². The summed E-state index contributed by atoms with van der Waals surface area (Å²) in [6.45, 7) is 0. The second kappa shape index (κ2) is 1.70. The van der Waals surface area contributed by atoms with E-state index >= 15 is 0 Å². The van der Waals surface area contributed by atoms with Crippen LogP contribution in [0.2, 0.25) is 0 Å². The van der Waals surface area contributed by atoms with Crippen LogP contribution in [0.25, 0.3) is 0 Å². The molecule has 2 atom stereocenters. The Morgan fingerprint density at radius 2 is 1.55 bits per heavy atom. The van der Waals surface area contributed by atoms with Crippen LogP contribution >= 0.6 is 0 Å². The zero-order valence-corrected chi connectivity index (χ0v) is 6.07. The van der Waals surface area contributed by atoms with Gasteiger partial charge in [0.15, 0.2) is 0 Å². The molecule has 0 saturated heterocycles. The lowest BCUT2D eigenvalue weighted by Crippen LogP contribution is -1.98. The van der Waals surface area contributed by atoms with Crippen molar-refractivity contribution in [3.8, 4) is 0 Å². The Morgan fingerprint density at radius 3 is 2.09 bits per heavy atom. The van der Waals surface area contributed by atoms with E-state index < -0.39 is 0 Å². The molecule has 0 amide bonds. The van der Waals surface area contributed by atoms with E-state index in [0.717, 1.165) is 0 Å². The molecule has 3 rings (SSSR count). The molecule has 54 valence electrons. The molecule has 2 nitrogen and oxygen atoms in total. The van der Waals surface area contributed by atoms with Crippen molar-refractivity contribution < 1.29 is 0 Å². The fourth-order valence-electron chi connectivity index (χ4n) is 2.04. The molecule has 0 aromatic carbocycles. The van der Waals surface area contributed by atoms with Gasteiger partial charge in [0.2, 0.25) is 0 Å². The van der Waals surface area contributed by atoms with Crippen LogP contribution in [-0.4, -0.2) is 9.97 Å². The minimum Gasteiger partial charge on any atom is -0.257 e. The fraction of sp³-hybridized carbons (Fsp3) is 0.333. The van der Waals surface area contributed by atoms with Gasteiger partial charge in [0.05, 0.1) is 11.4 Å². The highest BCUT2D eigenvalue weighted by Gasteiger charge is 2.34. The van der Waals surface area contributed by atoms with Crippen LogP contribution in [0, 0.1) is 0 Å². The van der Waals surface area contributed by atoms with Crippen molar-refractivity contribution in [1.82, 2.24) is 9.97 Å². The second-order valence-corrected chi connectivity index (χ2v) is 3.16. The molecule has 2 aliphatic carbocycles. The first-order chi connectivity index (χ1) is 5.45. The molecule has 0 fully saturated rings. The van der Waals surface area contributed by atoms with Crippen LogP contribution in [0.5, 0.6) is 0 Å². The summed E-state index contributed by atoms with van der Waals surface area (Å²) >= 11 is 0. The summed E-state index contributed by atoms with van der Waals surface area (Å²) in [6, 6.07) is 0. The molecule has 2 aliphatic rings. The molecule has 2 unspecified atom stereocenters. The molecule has 2 bridgehead atoms. The van der Waals surface area contributed by atoms with Gasteiger partial charge in [0.25, 0.3) is 0 Å². The summed E-state index contributed by atoms with van der Waals surface area (Å²) in [6.07, 6.45) is 9.28. The number of aromatic nitrogens is 2. The maximum Gasteiger partial charge on any atom is 0.0693 e. The van der Waals surface area contributed by atoms with Gasteiger partial charge in [-0.1, -0.05) is 12.2 Å². The Morgan fingerprint density at radius 1 is 1.00 bits per heavy atom. The van der Waals surface area contributed by atoms with E-state index in [2.05, 4.69) is 22.1 Å². The average Bonchev–Trinajstić information content (AvgIpc) is 2.64. The van der Waals surface area contributed by atoms with Gasteiger partial charge < -0.3 is 0 Å². The molecule has 11 heavy (non-hydrogen) atoms. The fourth-order valence-corrected chi connectivity index (χ4v) is 2.04. The average molecular weight is 144 g/mol. The Balaban J connectivity index is 2.28. The van der Waals surface area contributed by atoms with E-state index in [4.69, 9.17) is 0 Å². The predicted octanol–water partition coefficient (Wildman–Crippen LogP) is 1.62. The lowest BCUT2D eigenvalue weighted by atomic mass is 10.1. The van der Waals surface area contributed by atoms with Crippen molar-refractivity contribution in [2.45, 2.75) is 18.3 Å². The molecule has 0 aliphatic heterocycles. The van der Waals surface area contributed by atoms with Gasteiger partial charge in [0, 0.05) is 24.2 Å². The third kappa shape index (κ3) is 0.570. The minimum absolute atomic E-state index is 0.573. The standard InChI is InChI=1S/C9H8N2/c1-2-7-5-6(1)8-9(7)11-4-3-10-8/h1-4,6-7H,5H2. The van der Waals surface area contributed by atoms with Crippen LogP contribution < -0.4 is 0 Å². The van der Waals surface area contributed by atoms with Crippen molar-refractivity contribution in [3.05, 3.63) is 35.9 Å². The number of nitrogens with zero attached hydrogens (tertiary/aromatic N) is 2. The van der Waals surface area contributed by atoms with Crippen molar-refractivity contribution in [2.75, 3.05) is 0 Å². The molecule has 0 spiro atoms. The maximum absolute atomic E-state index is 4.33. The zero-order chi connectivity index (χ0) is 7.26. The minimum atomic E-state index is 0.573. The van der Waals surface area contributed by atoms with Crippen LogP contribution in [0.3, 0.4) is 0 Å². The van der Waals surface area contributed by atoms with Crippen molar-refractivity contribution in [3.63, 3.8) is 0 Å². The van der Waals surface area contributed by atoms with E-state index in [0.29, 0.717) is 11.8 Å². The Bertz CT molecular complexity index is 299. The number of hydrogen-bond donors (Lipinski definition) is 0. The molecular weight excluding hydrogens is 136 g/mol. The highest BCUT2D eigenvalue weighted by molar-refractivity contribution is 5.39. The largest absolute Gasteiger partial charge is 0.257 e. The summed E-state index contributed by atoms with van der Waals surface area (Å²) < 4.78 is 0. The molecule has 1 aromatic heterocycles. The van der Waals surface area contributed by atoms with Crippen LogP contribution in [0.1, 0.15) is 29.6 Å². The van der Waals surface area contributed by atoms with Gasteiger partial charge in [-0.2, -0.15) is 0 Å². The third-order valence-electron chi connectivity index (χ3n) is 2.54. The molecule has 1 heterocycles. The van der Waals surface area contributed by atoms with Crippen LogP contribution in [0.4, 0.5) is 0 Å². The van der Waals surface area contributed by atoms with Crippen molar-refractivity contribution in [2.24, 2.45) is 0 Å². The van der Waals surface area contributed by atoms with Gasteiger partial charge in [0.1, 0.15) is 0 Å². The maximum atomic E-state index is 4.33. The van der Waals surface area contributed by atoms with Crippen molar-refractivity contribution in [1.29, 1.82) is 0 Å². The molecule has 0 radical (unpaired) electrons. The summed E-state index contributed by atoms with van der Waals surface area (Å²) in [5.41, 5.74) is 2.42. The Kier molecular flexibility index (Phi) is 0.844. The Labute approximate surface area is 65.0 Å². The normalized spacial score (nSPS) is 30.9. The zero-order valence-electron chi connectivity index (χ0n) is 6.07. The molecule has 0 saturated carbocycles. The topological polar surface area (TPSA) is 25.8 Å². The van der Waals surface area contributed by atoms with Gasteiger partial charge in [-0.15, -0.1) is 0 Å². The first-order valence-electron chi connectivity index (χ1n) is 3.94. The lowest BCUT2D eigenvalue weighted by molar-refractivity contribution is 0.790. The number of rotatable bonds is 0. The first kappa shape index (κ1) is 5.47. The smallest absolute Gasteiger partial charge is 0.0693 e. The molecule has 2 heteroatoms. The summed E-state index contributed by atoms with van der Waals surface area (Å²) in [7, 11) is 0. The highest BCUT2D eigenvalue weighted by atomic mass is 14.8. The molecular formula is C9H8N2. The van der Waals surface area contributed by atoms with Gasteiger partial charge in [-0.05, 0) is 6.42 Å². The van der Waals surface area contributed by atoms with E-state index in [1.54, 1.807) is 12.4 Å². The van der Waals surface area contributed by atoms with E-state index in [-0.39, 0.29) is 0 Å². The third-order valence-corrected chi connectivity index (χ3v) is 2.54. The summed E-state index contributed by atoms with van der Waals surface area (Å²) in [4.78, 5) is 8.66. The van der Waals surface area contributed by atoms with Crippen LogP contribution in [0.15, 0.2) is 24.5 Å². The van der Waals surface area contributed by atoms with Crippen LogP contribution in [-0.2, 0) is 0 Å². The summed E-state index contributed by atoms with van der Waals surface area (Å²) in [5, 5.41) is 0. The SMILES string of the molecule is C1=CC2CC1c1nccnc12. The van der Waals surface area contributed by atoms with Gasteiger partial charge >= 0.3 is 0 Å². The summed E-state index contributed by atoms with van der Waals surface area (Å²) in [5.74, 6) is 1.15. The van der Waals surface area contributed by atoms with E-state index in [1.165, 1.54) is 17.8 Å². The second-order valence-electron chi connectivity index (χ2n) is 3.16. The lowest BCUT2D eigenvalue weighted by Gasteiger charge is -2.05. The quantitative estimate of drug-likeness (QED) is 0.517.